The molecule has 0 spiro atoms. The average Bonchev–Trinajstić information content (AvgIpc) is 2.32. The molecule has 2 N–H and O–H groups in total. The Bertz CT molecular complexity index is 468. The van der Waals surface area contributed by atoms with Gasteiger partial charge in [-0.25, -0.2) is 4.39 Å². The molecule has 20 heavy (non-hydrogen) atoms. The first-order chi connectivity index (χ1) is 8.93. The van der Waals surface area contributed by atoms with E-state index in [-0.39, 0.29) is 43.1 Å². The Kier molecular flexibility index (Phi) is 8.69. The van der Waals surface area contributed by atoms with Gasteiger partial charge in [-0.15, -0.1) is 19.0 Å². The first-order valence-corrected chi connectivity index (χ1v) is 6.81. The Hall–Kier alpha value is -0.910. The van der Waals surface area contributed by atoms with E-state index in [0.717, 1.165) is 4.47 Å². The molecule has 0 bridgehead atoms. The predicted octanol–water partition coefficient (Wildman–Crippen LogP) is 3.26. The van der Waals surface area contributed by atoms with Crippen LogP contribution < -0.4 is 5.73 Å². The lowest BCUT2D eigenvalue weighted by atomic mass is 10.1. The second-order valence-electron chi connectivity index (χ2n) is 4.48. The zero-order chi connectivity index (χ0) is 14.4. The van der Waals surface area contributed by atoms with Gasteiger partial charge in [-0.2, -0.15) is 0 Å². The molecule has 0 aliphatic carbocycles. The molecule has 6 heteroatoms. The maximum atomic E-state index is 13.7. The van der Waals surface area contributed by atoms with Crippen LogP contribution in [0.15, 0.2) is 35.3 Å². The molecule has 1 aromatic carbocycles. The Morgan fingerprint density at radius 3 is 2.80 bits per heavy atom. The van der Waals surface area contributed by atoms with Crippen molar-refractivity contribution in [2.24, 2.45) is 5.73 Å². The molecule has 0 saturated carbocycles. The number of nitrogens with two attached hydrogens (primary N) is 1. The van der Waals surface area contributed by atoms with E-state index in [0.29, 0.717) is 12.1 Å². The minimum Gasteiger partial charge on any atom is -0.335 e. The minimum atomic E-state index is -0.328. The topological polar surface area (TPSA) is 46.3 Å². The molecule has 1 amide bonds. The number of nitrogens with zero attached hydrogens (tertiary/aromatic N) is 1. The molecule has 0 aliphatic heterocycles. The second kappa shape index (κ2) is 9.10. The third kappa shape index (κ3) is 6.03. The van der Waals surface area contributed by atoms with Gasteiger partial charge >= 0.3 is 0 Å². The Labute approximate surface area is 133 Å². The van der Waals surface area contributed by atoms with Crippen molar-refractivity contribution in [1.29, 1.82) is 0 Å². The van der Waals surface area contributed by atoms with Crippen molar-refractivity contribution < 1.29 is 9.18 Å². The molecule has 1 aromatic rings. The standard InChI is InChI=1S/C14H18BrFN2O.ClH/c1-3-6-18(14(19)7-10(2)17)9-11-8-12(15)4-5-13(11)16;/h3-5,8,10H,1,6-7,9,17H2,2H3;1H. The van der Waals surface area contributed by atoms with Crippen LogP contribution in [0.5, 0.6) is 0 Å². The number of carbonyl (C=O) groups is 1. The molecular weight excluding hydrogens is 347 g/mol. The molecular formula is C14H19BrClFN2O. The van der Waals surface area contributed by atoms with Crippen molar-refractivity contribution >= 4 is 34.2 Å². The molecule has 112 valence electrons. The third-order valence-corrected chi connectivity index (χ3v) is 3.06. The van der Waals surface area contributed by atoms with E-state index in [2.05, 4.69) is 22.5 Å². The van der Waals surface area contributed by atoms with Gasteiger partial charge in [0.05, 0.1) is 0 Å². The normalized spacial score (nSPS) is 11.4. The van der Waals surface area contributed by atoms with Crippen molar-refractivity contribution in [3.05, 3.63) is 46.7 Å². The second-order valence-corrected chi connectivity index (χ2v) is 5.40. The number of rotatable bonds is 6. The van der Waals surface area contributed by atoms with Gasteiger partial charge in [0.15, 0.2) is 0 Å². The SMILES string of the molecule is C=CCN(Cc1cc(Br)ccc1F)C(=O)CC(C)N.Cl. The van der Waals surface area contributed by atoms with E-state index in [1.54, 1.807) is 30.0 Å². The van der Waals surface area contributed by atoms with Gasteiger partial charge < -0.3 is 10.6 Å². The summed E-state index contributed by atoms with van der Waals surface area (Å²) in [4.78, 5) is 13.6. The minimum absolute atomic E-state index is 0. The summed E-state index contributed by atoms with van der Waals surface area (Å²) in [6, 6.07) is 4.46. The van der Waals surface area contributed by atoms with Crippen LogP contribution in [0.4, 0.5) is 4.39 Å². The summed E-state index contributed by atoms with van der Waals surface area (Å²) in [5, 5.41) is 0. The number of benzene rings is 1. The van der Waals surface area contributed by atoms with Crippen LogP contribution in [-0.4, -0.2) is 23.4 Å². The molecule has 1 rings (SSSR count). The van der Waals surface area contributed by atoms with Crippen LogP contribution >= 0.6 is 28.3 Å². The Balaban J connectivity index is 0.00000361. The fourth-order valence-corrected chi connectivity index (χ4v) is 2.09. The van der Waals surface area contributed by atoms with E-state index in [1.165, 1.54) is 6.07 Å². The van der Waals surface area contributed by atoms with Gasteiger partial charge in [-0.3, -0.25) is 4.79 Å². The monoisotopic (exact) mass is 364 g/mol. The molecule has 0 radical (unpaired) electrons. The van der Waals surface area contributed by atoms with Gasteiger partial charge in [-0.05, 0) is 25.1 Å². The Morgan fingerprint density at radius 1 is 1.60 bits per heavy atom. The highest BCUT2D eigenvalue weighted by Crippen LogP contribution is 2.17. The van der Waals surface area contributed by atoms with Crippen LogP contribution in [0.25, 0.3) is 0 Å². The van der Waals surface area contributed by atoms with Gasteiger partial charge in [0.1, 0.15) is 5.82 Å². The number of hydrogen-bond acceptors (Lipinski definition) is 2. The number of amides is 1. The van der Waals surface area contributed by atoms with Gasteiger partial charge in [-0.1, -0.05) is 22.0 Å². The smallest absolute Gasteiger partial charge is 0.224 e. The van der Waals surface area contributed by atoms with Gasteiger partial charge in [0.25, 0.3) is 0 Å². The fourth-order valence-electron chi connectivity index (χ4n) is 1.69. The van der Waals surface area contributed by atoms with E-state index < -0.39 is 0 Å². The van der Waals surface area contributed by atoms with E-state index in [9.17, 15) is 9.18 Å². The lowest BCUT2D eigenvalue weighted by Crippen LogP contribution is -2.34. The molecule has 0 saturated heterocycles. The van der Waals surface area contributed by atoms with Crippen LogP contribution in [0.1, 0.15) is 18.9 Å². The summed E-state index contributed by atoms with van der Waals surface area (Å²) in [7, 11) is 0. The number of carbonyl (C=O) groups excluding carboxylic acids is 1. The first-order valence-electron chi connectivity index (χ1n) is 6.02. The first kappa shape index (κ1) is 19.1. The van der Waals surface area contributed by atoms with Crippen molar-refractivity contribution in [3.8, 4) is 0 Å². The lowest BCUT2D eigenvalue weighted by molar-refractivity contribution is -0.131. The fraction of sp³-hybridized carbons (Fsp3) is 0.357. The highest BCUT2D eigenvalue weighted by molar-refractivity contribution is 9.10. The van der Waals surface area contributed by atoms with Crippen LogP contribution in [-0.2, 0) is 11.3 Å². The molecule has 1 unspecified atom stereocenters. The van der Waals surface area contributed by atoms with Crippen LogP contribution in [0.2, 0.25) is 0 Å². The molecule has 0 aromatic heterocycles. The zero-order valence-electron chi connectivity index (χ0n) is 11.3. The lowest BCUT2D eigenvalue weighted by Gasteiger charge is -2.22. The van der Waals surface area contributed by atoms with Crippen molar-refractivity contribution in [3.63, 3.8) is 0 Å². The third-order valence-electron chi connectivity index (χ3n) is 2.57. The highest BCUT2D eigenvalue weighted by Gasteiger charge is 2.16. The highest BCUT2D eigenvalue weighted by atomic mass is 79.9. The summed E-state index contributed by atoms with van der Waals surface area (Å²) in [5.41, 5.74) is 6.09. The summed E-state index contributed by atoms with van der Waals surface area (Å²) < 4.78 is 14.5. The zero-order valence-corrected chi connectivity index (χ0v) is 13.7. The van der Waals surface area contributed by atoms with Crippen molar-refractivity contribution in [1.82, 2.24) is 4.90 Å². The van der Waals surface area contributed by atoms with Gasteiger partial charge in [0, 0.05) is 35.6 Å². The number of halogens is 3. The molecule has 1 atom stereocenters. The van der Waals surface area contributed by atoms with E-state index in [1.807, 2.05) is 0 Å². The van der Waals surface area contributed by atoms with E-state index in [4.69, 9.17) is 5.73 Å². The van der Waals surface area contributed by atoms with Crippen molar-refractivity contribution in [2.45, 2.75) is 25.9 Å². The van der Waals surface area contributed by atoms with Crippen LogP contribution in [0, 0.1) is 5.82 Å². The maximum absolute atomic E-state index is 13.7. The van der Waals surface area contributed by atoms with Gasteiger partial charge in [0.2, 0.25) is 5.91 Å². The summed E-state index contributed by atoms with van der Waals surface area (Å²) in [5.74, 6) is -0.430. The summed E-state index contributed by atoms with van der Waals surface area (Å²) in [6.07, 6.45) is 1.86. The summed E-state index contributed by atoms with van der Waals surface area (Å²) in [6.45, 7) is 5.97. The maximum Gasteiger partial charge on any atom is 0.224 e. The predicted molar refractivity (Wildman–Crippen MR) is 85.2 cm³/mol. The largest absolute Gasteiger partial charge is 0.335 e. The molecule has 0 heterocycles. The van der Waals surface area contributed by atoms with Crippen molar-refractivity contribution in [2.75, 3.05) is 6.54 Å². The average molecular weight is 366 g/mol. The quantitative estimate of drug-likeness (QED) is 0.787. The molecule has 0 aliphatic rings. The molecule has 0 fully saturated rings. The summed E-state index contributed by atoms with van der Waals surface area (Å²) >= 11 is 3.29. The number of hydrogen-bond donors (Lipinski definition) is 1. The van der Waals surface area contributed by atoms with E-state index >= 15 is 0 Å². The van der Waals surface area contributed by atoms with Crippen LogP contribution in [0.3, 0.4) is 0 Å². The Morgan fingerprint density at radius 2 is 2.25 bits per heavy atom. The molecule has 3 nitrogen and oxygen atoms in total.